The van der Waals surface area contributed by atoms with E-state index in [0.29, 0.717) is 11.5 Å². The molecule has 0 saturated carbocycles. The van der Waals surface area contributed by atoms with Crippen molar-refractivity contribution in [1.82, 2.24) is 4.98 Å². The molecule has 2 N–H and O–H groups in total. The molecule has 1 aromatic carbocycles. The molecule has 0 atom stereocenters. The third-order valence-electron chi connectivity index (χ3n) is 2.74. The maximum atomic E-state index is 11.0. The molecule has 130 valence electrons. The Morgan fingerprint density at radius 1 is 1.08 bits per heavy atom. The fourth-order valence-electron chi connectivity index (χ4n) is 1.70. The van der Waals surface area contributed by atoms with Gasteiger partial charge in [0.05, 0.1) is 19.8 Å². The number of H-pyrrole nitrogens is 1. The van der Waals surface area contributed by atoms with Gasteiger partial charge in [-0.3, -0.25) is 4.79 Å². The molecule has 0 aliphatic heterocycles. The summed E-state index contributed by atoms with van der Waals surface area (Å²) in [6.45, 7) is 0. The van der Waals surface area contributed by atoms with Crippen LogP contribution in [0.3, 0.4) is 0 Å². The predicted octanol–water partition coefficient (Wildman–Crippen LogP) is 2.69. The second-order valence-corrected chi connectivity index (χ2v) is 4.28. The number of carbonyl (C=O) groups is 1. The summed E-state index contributed by atoms with van der Waals surface area (Å²) in [5, 5.41) is 7.12. The Hall–Kier alpha value is -2.97. The van der Waals surface area contributed by atoms with Crippen LogP contribution in [-0.4, -0.2) is 36.5 Å². The van der Waals surface area contributed by atoms with Crippen molar-refractivity contribution < 1.29 is 32.5 Å². The van der Waals surface area contributed by atoms with E-state index in [1.54, 1.807) is 26.5 Å². The molecule has 24 heavy (non-hydrogen) atoms. The molecule has 2 rings (SSSR count). The van der Waals surface area contributed by atoms with E-state index >= 15 is 0 Å². The summed E-state index contributed by atoms with van der Waals surface area (Å²) in [6.07, 6.45) is -3.44. The molecule has 0 spiro atoms. The standard InChI is InChI=1S/C13H13NO3.C2HF3O2/c1-16-10-4-3-5-11(17-2)13(10)9-6-7-12(15)14-8-9;3-2(4,5)1(6)7/h3-8H,1-2H3,(H,14,15);(H,6,7). The van der Waals surface area contributed by atoms with Crippen LogP contribution in [0.15, 0.2) is 41.3 Å². The van der Waals surface area contributed by atoms with Crippen molar-refractivity contribution in [2.45, 2.75) is 6.18 Å². The van der Waals surface area contributed by atoms with E-state index < -0.39 is 12.1 Å². The zero-order chi connectivity index (χ0) is 18.3. The molecule has 0 aliphatic rings. The molecule has 6 nitrogen and oxygen atoms in total. The van der Waals surface area contributed by atoms with Gasteiger partial charge in [0.2, 0.25) is 5.56 Å². The topological polar surface area (TPSA) is 88.6 Å². The van der Waals surface area contributed by atoms with Crippen LogP contribution in [0.5, 0.6) is 11.5 Å². The van der Waals surface area contributed by atoms with Crippen LogP contribution in [0, 0.1) is 0 Å². The van der Waals surface area contributed by atoms with Crippen LogP contribution >= 0.6 is 0 Å². The summed E-state index contributed by atoms with van der Waals surface area (Å²) in [5.41, 5.74) is 1.54. The van der Waals surface area contributed by atoms with Gasteiger partial charge in [0.25, 0.3) is 0 Å². The lowest BCUT2D eigenvalue weighted by Crippen LogP contribution is -2.21. The first-order valence-corrected chi connectivity index (χ1v) is 6.41. The Kier molecular flexibility index (Phi) is 6.39. The van der Waals surface area contributed by atoms with Gasteiger partial charge < -0.3 is 19.6 Å². The third-order valence-corrected chi connectivity index (χ3v) is 2.74. The lowest BCUT2D eigenvalue weighted by atomic mass is 10.1. The molecule has 0 unspecified atom stereocenters. The van der Waals surface area contributed by atoms with Crippen molar-refractivity contribution in [3.8, 4) is 22.6 Å². The first-order chi connectivity index (χ1) is 11.2. The Bertz CT molecular complexity index is 713. The van der Waals surface area contributed by atoms with Gasteiger partial charge in [0.1, 0.15) is 11.5 Å². The summed E-state index contributed by atoms with van der Waals surface area (Å²) in [7, 11) is 3.20. The van der Waals surface area contributed by atoms with Gasteiger partial charge in [-0.15, -0.1) is 0 Å². The van der Waals surface area contributed by atoms with E-state index in [0.717, 1.165) is 11.1 Å². The molecular weight excluding hydrogens is 331 g/mol. The zero-order valence-corrected chi connectivity index (χ0v) is 12.7. The summed E-state index contributed by atoms with van der Waals surface area (Å²) in [4.78, 5) is 22.6. The zero-order valence-electron chi connectivity index (χ0n) is 12.7. The minimum Gasteiger partial charge on any atom is -0.496 e. The highest BCUT2D eigenvalue weighted by Gasteiger charge is 2.38. The molecule has 0 saturated heterocycles. The molecular formula is C15H14F3NO5. The fraction of sp³-hybridized carbons (Fsp3) is 0.200. The summed E-state index contributed by atoms with van der Waals surface area (Å²) in [5.74, 6) is -1.35. The second-order valence-electron chi connectivity index (χ2n) is 4.28. The predicted molar refractivity (Wildman–Crippen MR) is 79.3 cm³/mol. The van der Waals surface area contributed by atoms with Crippen molar-refractivity contribution in [3.05, 3.63) is 46.9 Å². The van der Waals surface area contributed by atoms with Crippen molar-refractivity contribution in [1.29, 1.82) is 0 Å². The number of halogens is 3. The largest absolute Gasteiger partial charge is 0.496 e. The summed E-state index contributed by atoms with van der Waals surface area (Å²) in [6, 6.07) is 8.76. The average Bonchev–Trinajstić information content (AvgIpc) is 2.54. The van der Waals surface area contributed by atoms with Crippen molar-refractivity contribution >= 4 is 5.97 Å². The number of ether oxygens (including phenoxy) is 2. The Morgan fingerprint density at radius 2 is 1.58 bits per heavy atom. The number of aromatic amines is 1. The van der Waals surface area contributed by atoms with E-state index in [4.69, 9.17) is 19.4 Å². The van der Waals surface area contributed by atoms with E-state index in [9.17, 15) is 18.0 Å². The lowest BCUT2D eigenvalue weighted by Gasteiger charge is -2.12. The number of aromatic nitrogens is 1. The number of hydrogen-bond acceptors (Lipinski definition) is 4. The monoisotopic (exact) mass is 345 g/mol. The number of methoxy groups -OCH3 is 2. The molecule has 0 radical (unpaired) electrons. The quantitative estimate of drug-likeness (QED) is 0.893. The average molecular weight is 345 g/mol. The van der Waals surface area contributed by atoms with E-state index in [1.165, 1.54) is 6.07 Å². The van der Waals surface area contributed by atoms with Crippen molar-refractivity contribution in [2.24, 2.45) is 0 Å². The molecule has 9 heteroatoms. The van der Waals surface area contributed by atoms with Gasteiger partial charge in [0, 0.05) is 17.8 Å². The van der Waals surface area contributed by atoms with E-state index in [-0.39, 0.29) is 5.56 Å². The molecule has 2 aromatic rings. The van der Waals surface area contributed by atoms with Gasteiger partial charge in [0.15, 0.2) is 0 Å². The van der Waals surface area contributed by atoms with Crippen LogP contribution in [0.25, 0.3) is 11.1 Å². The van der Waals surface area contributed by atoms with Crippen LogP contribution in [0.1, 0.15) is 0 Å². The van der Waals surface area contributed by atoms with Gasteiger partial charge in [-0.05, 0) is 18.2 Å². The minimum absolute atomic E-state index is 0.136. The smallest absolute Gasteiger partial charge is 0.490 e. The highest BCUT2D eigenvalue weighted by atomic mass is 19.4. The second kappa shape index (κ2) is 8.04. The summed E-state index contributed by atoms with van der Waals surface area (Å²) >= 11 is 0. The van der Waals surface area contributed by atoms with Crippen LogP contribution < -0.4 is 15.0 Å². The van der Waals surface area contributed by atoms with Gasteiger partial charge >= 0.3 is 12.1 Å². The van der Waals surface area contributed by atoms with Gasteiger partial charge in [-0.1, -0.05) is 6.07 Å². The number of carboxylic acid groups (broad SMARTS) is 1. The Morgan fingerprint density at radius 3 is 1.92 bits per heavy atom. The van der Waals surface area contributed by atoms with Crippen LogP contribution in [0.2, 0.25) is 0 Å². The van der Waals surface area contributed by atoms with Gasteiger partial charge in [-0.2, -0.15) is 13.2 Å². The highest BCUT2D eigenvalue weighted by molar-refractivity contribution is 5.76. The number of alkyl halides is 3. The van der Waals surface area contributed by atoms with Crippen LogP contribution in [0.4, 0.5) is 13.2 Å². The van der Waals surface area contributed by atoms with Crippen molar-refractivity contribution in [3.63, 3.8) is 0 Å². The number of rotatable bonds is 3. The first-order valence-electron chi connectivity index (χ1n) is 6.41. The lowest BCUT2D eigenvalue weighted by molar-refractivity contribution is -0.192. The molecule has 0 amide bonds. The van der Waals surface area contributed by atoms with Crippen molar-refractivity contribution in [2.75, 3.05) is 14.2 Å². The molecule has 1 aromatic heterocycles. The number of nitrogens with one attached hydrogen (secondary N) is 1. The highest BCUT2D eigenvalue weighted by Crippen LogP contribution is 2.37. The number of hydrogen-bond donors (Lipinski definition) is 2. The SMILES string of the molecule is COc1cccc(OC)c1-c1ccc(=O)[nH]c1.O=C(O)C(F)(F)F. The summed E-state index contributed by atoms with van der Waals surface area (Å²) < 4.78 is 42.3. The molecule has 1 heterocycles. The molecule has 0 aliphatic carbocycles. The third kappa shape index (κ3) is 5.04. The number of aliphatic carboxylic acids is 1. The van der Waals surface area contributed by atoms with E-state index in [2.05, 4.69) is 4.98 Å². The van der Waals surface area contributed by atoms with Crippen LogP contribution in [-0.2, 0) is 4.79 Å². The number of carboxylic acids is 1. The Balaban J connectivity index is 0.000000351. The molecule has 0 bridgehead atoms. The maximum Gasteiger partial charge on any atom is 0.490 e. The first kappa shape index (κ1) is 19.1. The normalized spacial score (nSPS) is 10.4. The maximum absolute atomic E-state index is 11.0. The number of benzene rings is 1. The minimum atomic E-state index is -5.08. The Labute approximate surface area is 134 Å². The van der Waals surface area contributed by atoms with Gasteiger partial charge in [-0.25, -0.2) is 4.79 Å². The molecule has 0 fully saturated rings. The number of pyridine rings is 1. The fourth-order valence-corrected chi connectivity index (χ4v) is 1.70. The van der Waals surface area contributed by atoms with E-state index in [1.807, 2.05) is 18.2 Å².